The summed E-state index contributed by atoms with van der Waals surface area (Å²) in [5.41, 5.74) is 1.56. The van der Waals surface area contributed by atoms with Gasteiger partial charge in [0.25, 0.3) is 5.91 Å². The van der Waals surface area contributed by atoms with Gasteiger partial charge in [-0.1, -0.05) is 19.8 Å². The second-order valence-corrected chi connectivity index (χ2v) is 6.47. The van der Waals surface area contributed by atoms with E-state index in [1.807, 2.05) is 0 Å². The van der Waals surface area contributed by atoms with Gasteiger partial charge in [-0.2, -0.15) is 0 Å². The molecule has 0 fully saturated rings. The van der Waals surface area contributed by atoms with Gasteiger partial charge in [0.1, 0.15) is 5.75 Å². The number of carbonyl (C=O) groups excluding carboxylic acids is 2. The number of ether oxygens (including phenoxy) is 2. The van der Waals surface area contributed by atoms with Gasteiger partial charge in [-0.05, 0) is 67.2 Å². The van der Waals surface area contributed by atoms with Crippen LogP contribution in [-0.2, 0) is 4.74 Å². The van der Waals surface area contributed by atoms with Crippen LogP contribution < -0.4 is 15.4 Å². The van der Waals surface area contributed by atoms with E-state index in [0.717, 1.165) is 25.0 Å². The monoisotopic (exact) mass is 400 g/mol. The molecule has 0 aromatic heterocycles. The van der Waals surface area contributed by atoms with Crippen molar-refractivity contribution >= 4 is 34.9 Å². The van der Waals surface area contributed by atoms with Crippen molar-refractivity contribution in [2.75, 3.05) is 19.0 Å². The van der Waals surface area contributed by atoms with E-state index in [-0.39, 0.29) is 11.0 Å². The van der Waals surface area contributed by atoms with Gasteiger partial charge in [0.2, 0.25) is 0 Å². The maximum Gasteiger partial charge on any atom is 0.337 e. The smallest absolute Gasteiger partial charge is 0.337 e. The second kappa shape index (κ2) is 11.0. The highest BCUT2D eigenvalue weighted by Gasteiger charge is 2.09. The highest BCUT2D eigenvalue weighted by molar-refractivity contribution is 7.80. The van der Waals surface area contributed by atoms with Crippen molar-refractivity contribution in [3.05, 3.63) is 59.7 Å². The van der Waals surface area contributed by atoms with Gasteiger partial charge >= 0.3 is 5.97 Å². The molecule has 0 spiro atoms. The van der Waals surface area contributed by atoms with Crippen LogP contribution in [0.1, 0.15) is 46.9 Å². The third kappa shape index (κ3) is 6.66. The van der Waals surface area contributed by atoms with Crippen LogP contribution in [-0.4, -0.2) is 30.7 Å². The molecule has 148 valence electrons. The summed E-state index contributed by atoms with van der Waals surface area (Å²) in [5, 5.41) is 5.68. The lowest BCUT2D eigenvalue weighted by molar-refractivity contribution is 0.0600. The van der Waals surface area contributed by atoms with E-state index >= 15 is 0 Å². The Hall–Kier alpha value is -2.93. The summed E-state index contributed by atoms with van der Waals surface area (Å²) in [5.74, 6) is 0.000448. The van der Waals surface area contributed by atoms with Gasteiger partial charge < -0.3 is 14.8 Å². The topological polar surface area (TPSA) is 76.7 Å². The Balaban J connectivity index is 1.84. The number of unbranched alkanes of at least 4 members (excludes halogenated alkanes) is 2. The van der Waals surface area contributed by atoms with Gasteiger partial charge in [0.05, 0.1) is 19.3 Å². The van der Waals surface area contributed by atoms with Crippen LogP contribution in [0.25, 0.3) is 0 Å². The molecule has 0 saturated carbocycles. The first kappa shape index (κ1) is 21.4. The molecule has 0 radical (unpaired) electrons. The number of esters is 1. The maximum atomic E-state index is 12.3. The molecule has 0 aliphatic heterocycles. The van der Waals surface area contributed by atoms with Crippen molar-refractivity contribution in [3.63, 3.8) is 0 Å². The van der Waals surface area contributed by atoms with E-state index in [9.17, 15) is 9.59 Å². The minimum atomic E-state index is -0.416. The van der Waals surface area contributed by atoms with E-state index < -0.39 is 5.97 Å². The van der Waals surface area contributed by atoms with Crippen LogP contribution >= 0.6 is 12.2 Å². The summed E-state index contributed by atoms with van der Waals surface area (Å²) < 4.78 is 10.3. The Kier molecular flexibility index (Phi) is 8.42. The van der Waals surface area contributed by atoms with Crippen LogP contribution in [0.4, 0.5) is 5.69 Å². The molecule has 2 N–H and O–H groups in total. The van der Waals surface area contributed by atoms with Crippen LogP contribution in [0.3, 0.4) is 0 Å². The molecule has 2 rings (SSSR count). The first-order valence-corrected chi connectivity index (χ1v) is 9.48. The zero-order chi connectivity index (χ0) is 20.4. The van der Waals surface area contributed by atoms with Crippen molar-refractivity contribution in [2.45, 2.75) is 26.2 Å². The fourth-order valence-electron chi connectivity index (χ4n) is 2.39. The van der Waals surface area contributed by atoms with Gasteiger partial charge in [-0.3, -0.25) is 10.1 Å². The van der Waals surface area contributed by atoms with Crippen LogP contribution in [0.5, 0.6) is 5.75 Å². The molecule has 6 nitrogen and oxygen atoms in total. The molecule has 2 aromatic rings. The summed E-state index contributed by atoms with van der Waals surface area (Å²) in [6.45, 7) is 2.81. The normalized spacial score (nSPS) is 10.1. The quantitative estimate of drug-likeness (QED) is 0.393. The lowest BCUT2D eigenvalue weighted by Crippen LogP contribution is -2.34. The predicted octanol–water partition coefficient (Wildman–Crippen LogP) is 4.17. The molecule has 7 heteroatoms. The molecule has 0 aliphatic carbocycles. The molecular weight excluding hydrogens is 376 g/mol. The molecule has 0 unspecified atom stereocenters. The van der Waals surface area contributed by atoms with Gasteiger partial charge in [0.15, 0.2) is 5.11 Å². The minimum absolute atomic E-state index is 0.163. The highest BCUT2D eigenvalue weighted by atomic mass is 32.1. The van der Waals surface area contributed by atoms with E-state index in [1.54, 1.807) is 48.5 Å². The number of carbonyl (C=O) groups is 2. The standard InChI is InChI=1S/C21H24N2O4S/c1-3-4-5-14-27-18-12-8-15(9-13-18)19(24)23-21(28)22-17-10-6-16(7-11-17)20(25)26-2/h6-13H,3-5,14H2,1-2H3,(H2,22,23,24,28). The summed E-state index contributed by atoms with van der Waals surface area (Å²) in [7, 11) is 1.32. The number of methoxy groups -OCH3 is 1. The summed E-state index contributed by atoms with van der Waals surface area (Å²) >= 11 is 5.17. The van der Waals surface area contributed by atoms with Crippen molar-refractivity contribution in [1.29, 1.82) is 0 Å². The third-order valence-electron chi connectivity index (χ3n) is 3.92. The average molecular weight is 401 g/mol. The van der Waals surface area contributed by atoms with Crippen molar-refractivity contribution in [3.8, 4) is 5.75 Å². The van der Waals surface area contributed by atoms with Crippen molar-refractivity contribution in [2.24, 2.45) is 0 Å². The molecule has 2 aromatic carbocycles. The number of hydrogen-bond acceptors (Lipinski definition) is 5. The van der Waals surface area contributed by atoms with E-state index in [2.05, 4.69) is 22.3 Å². The molecule has 0 heterocycles. The fraction of sp³-hybridized carbons (Fsp3) is 0.286. The summed E-state index contributed by atoms with van der Waals surface area (Å²) in [6.07, 6.45) is 3.29. The molecule has 1 amide bonds. The number of rotatable bonds is 8. The number of anilines is 1. The zero-order valence-corrected chi connectivity index (χ0v) is 16.8. The van der Waals surface area contributed by atoms with Crippen LogP contribution in [0.2, 0.25) is 0 Å². The molecule has 0 bridgehead atoms. The Morgan fingerprint density at radius 2 is 1.61 bits per heavy atom. The minimum Gasteiger partial charge on any atom is -0.494 e. The second-order valence-electron chi connectivity index (χ2n) is 6.06. The molecule has 0 atom stereocenters. The number of thiocarbonyl (C=S) groups is 1. The Morgan fingerprint density at radius 3 is 2.21 bits per heavy atom. The molecular formula is C21H24N2O4S. The highest BCUT2D eigenvalue weighted by Crippen LogP contribution is 2.14. The number of amides is 1. The van der Waals surface area contributed by atoms with E-state index in [1.165, 1.54) is 7.11 Å². The number of benzene rings is 2. The first-order chi connectivity index (χ1) is 13.5. The lowest BCUT2D eigenvalue weighted by Gasteiger charge is -2.11. The third-order valence-corrected chi connectivity index (χ3v) is 4.13. The van der Waals surface area contributed by atoms with E-state index in [0.29, 0.717) is 23.4 Å². The van der Waals surface area contributed by atoms with E-state index in [4.69, 9.17) is 17.0 Å². The van der Waals surface area contributed by atoms with Gasteiger partial charge in [0, 0.05) is 11.3 Å². The molecule has 0 saturated heterocycles. The maximum absolute atomic E-state index is 12.3. The van der Waals surface area contributed by atoms with Gasteiger partial charge in [-0.15, -0.1) is 0 Å². The molecule has 28 heavy (non-hydrogen) atoms. The van der Waals surface area contributed by atoms with Crippen LogP contribution in [0, 0.1) is 0 Å². The zero-order valence-electron chi connectivity index (χ0n) is 16.0. The Morgan fingerprint density at radius 1 is 0.964 bits per heavy atom. The van der Waals surface area contributed by atoms with Crippen molar-refractivity contribution in [1.82, 2.24) is 5.32 Å². The predicted molar refractivity (Wildman–Crippen MR) is 113 cm³/mol. The van der Waals surface area contributed by atoms with Crippen LogP contribution in [0.15, 0.2) is 48.5 Å². The fourth-order valence-corrected chi connectivity index (χ4v) is 2.60. The largest absolute Gasteiger partial charge is 0.494 e. The number of nitrogens with one attached hydrogen (secondary N) is 2. The Labute approximate surface area is 170 Å². The molecule has 0 aliphatic rings. The summed E-state index contributed by atoms with van der Waals surface area (Å²) in [4.78, 5) is 23.7. The van der Waals surface area contributed by atoms with Crippen molar-refractivity contribution < 1.29 is 19.1 Å². The average Bonchev–Trinajstić information content (AvgIpc) is 2.71. The lowest BCUT2D eigenvalue weighted by atomic mass is 10.2. The number of hydrogen-bond donors (Lipinski definition) is 2. The Bertz CT molecular complexity index is 804. The summed E-state index contributed by atoms with van der Waals surface area (Å²) in [6, 6.07) is 13.5. The first-order valence-electron chi connectivity index (χ1n) is 9.07. The SMILES string of the molecule is CCCCCOc1ccc(C(=O)NC(=S)Nc2ccc(C(=O)OC)cc2)cc1. The van der Waals surface area contributed by atoms with Gasteiger partial charge in [-0.25, -0.2) is 4.79 Å².